The highest BCUT2D eigenvalue weighted by atomic mass is 32.1. The van der Waals surface area contributed by atoms with Gasteiger partial charge < -0.3 is 14.6 Å². The van der Waals surface area contributed by atoms with Crippen LogP contribution < -0.4 is 15.6 Å². The standard InChI is InChI=1S/C20H24N4O2S/c25-18-17(19(26)24(16-6-7-16)20(27)22-18)12-21-15-8-10-23(11-9-15)13-14-4-2-1-3-5-14/h1-5,12,15-16,26H,6-11,13H2,(H,22,25,27). The van der Waals surface area contributed by atoms with Crippen LogP contribution in [-0.2, 0) is 6.54 Å². The minimum atomic E-state index is -0.433. The van der Waals surface area contributed by atoms with Crippen molar-refractivity contribution in [3.05, 3.63) is 56.6 Å². The van der Waals surface area contributed by atoms with Crippen molar-refractivity contribution in [3.63, 3.8) is 0 Å². The molecule has 0 radical (unpaired) electrons. The van der Waals surface area contributed by atoms with Gasteiger partial charge in [-0.25, -0.2) is 0 Å². The molecule has 0 unspecified atom stereocenters. The number of likely N-dealkylation sites (tertiary alicyclic amines) is 1. The van der Waals surface area contributed by atoms with E-state index in [0.29, 0.717) is 0 Å². The first kappa shape index (κ1) is 18.1. The Bertz CT molecular complexity index is 939. The van der Waals surface area contributed by atoms with Gasteiger partial charge in [-0.2, -0.15) is 0 Å². The molecule has 2 heterocycles. The van der Waals surface area contributed by atoms with E-state index in [1.165, 1.54) is 16.3 Å². The molecule has 2 aliphatic rings. The maximum atomic E-state index is 12.6. The molecule has 27 heavy (non-hydrogen) atoms. The summed E-state index contributed by atoms with van der Waals surface area (Å²) in [5.41, 5.74) is 1.03. The van der Waals surface area contributed by atoms with Crippen molar-refractivity contribution in [1.82, 2.24) is 9.55 Å². The average Bonchev–Trinajstić information content (AvgIpc) is 3.48. The summed E-state index contributed by atoms with van der Waals surface area (Å²) >= 11 is 5.14. The highest BCUT2D eigenvalue weighted by Gasteiger charge is 2.25. The molecule has 2 aromatic rings. The lowest BCUT2D eigenvalue weighted by Gasteiger charge is -2.27. The van der Waals surface area contributed by atoms with Crippen molar-refractivity contribution in [3.8, 4) is 5.88 Å². The molecule has 2 fully saturated rings. The Kier molecular flexibility index (Phi) is 5.22. The normalized spacial score (nSPS) is 23.0. The van der Waals surface area contributed by atoms with Crippen LogP contribution in [0.3, 0.4) is 0 Å². The second-order valence-corrected chi connectivity index (χ2v) is 7.89. The van der Waals surface area contributed by atoms with Gasteiger partial charge in [-0.15, -0.1) is 0 Å². The van der Waals surface area contributed by atoms with Gasteiger partial charge in [0.2, 0.25) is 0 Å². The van der Waals surface area contributed by atoms with E-state index in [9.17, 15) is 9.90 Å². The summed E-state index contributed by atoms with van der Waals surface area (Å²) in [7, 11) is 0. The number of rotatable bonds is 5. The van der Waals surface area contributed by atoms with E-state index in [1.807, 2.05) is 6.07 Å². The number of quaternary nitrogens is 1. The van der Waals surface area contributed by atoms with Gasteiger partial charge in [0.1, 0.15) is 6.54 Å². The van der Waals surface area contributed by atoms with Gasteiger partial charge in [0.25, 0.3) is 5.56 Å². The zero-order valence-corrected chi connectivity index (χ0v) is 16.0. The van der Waals surface area contributed by atoms with Crippen LogP contribution in [0.5, 0.6) is 5.88 Å². The molecule has 1 aromatic carbocycles. The van der Waals surface area contributed by atoms with Crippen LogP contribution in [0.2, 0.25) is 0 Å². The third-order valence-corrected chi connectivity index (χ3v) is 5.72. The van der Waals surface area contributed by atoms with Crippen molar-refractivity contribution in [2.45, 2.75) is 44.3 Å². The summed E-state index contributed by atoms with van der Waals surface area (Å²) in [6.07, 6.45) is 5.28. The number of aromatic amines is 1. The first-order chi connectivity index (χ1) is 13.1. The Morgan fingerprint density at radius 2 is 1.93 bits per heavy atom. The minimum absolute atomic E-state index is 0.106. The Morgan fingerprint density at radius 1 is 1.22 bits per heavy atom. The first-order valence-corrected chi connectivity index (χ1v) is 9.99. The van der Waals surface area contributed by atoms with Crippen molar-refractivity contribution < 1.29 is 10.0 Å². The first-order valence-electron chi connectivity index (χ1n) is 9.58. The Balaban J connectivity index is 1.41. The van der Waals surface area contributed by atoms with E-state index >= 15 is 0 Å². The third kappa shape index (κ3) is 4.20. The monoisotopic (exact) mass is 384 g/mol. The van der Waals surface area contributed by atoms with Crippen LogP contribution >= 0.6 is 12.2 Å². The lowest BCUT2D eigenvalue weighted by molar-refractivity contribution is -0.918. The zero-order chi connectivity index (χ0) is 18.8. The van der Waals surface area contributed by atoms with Gasteiger partial charge in [0.15, 0.2) is 4.77 Å². The number of hydrogen-bond donors (Lipinski definition) is 2. The number of benzene rings is 1. The van der Waals surface area contributed by atoms with Gasteiger partial charge in [-0.05, 0) is 30.9 Å². The second-order valence-electron chi connectivity index (χ2n) is 7.50. The lowest BCUT2D eigenvalue weighted by Crippen LogP contribution is -3.12. The SMILES string of the molecule is O=c1[nH]c(=S)n(C2CC2)c([O-])c1C=NC1CC[NH+](Cc2ccccc2)CC1. The van der Waals surface area contributed by atoms with Crippen LogP contribution in [0.25, 0.3) is 0 Å². The predicted octanol–water partition coefficient (Wildman–Crippen LogP) is 0.981. The molecule has 1 aliphatic heterocycles. The molecular weight excluding hydrogens is 360 g/mol. The van der Waals surface area contributed by atoms with Crippen LogP contribution in [0.1, 0.15) is 42.9 Å². The predicted molar refractivity (Wildman–Crippen MR) is 105 cm³/mol. The van der Waals surface area contributed by atoms with Crippen LogP contribution in [-0.4, -0.2) is 34.9 Å². The smallest absolute Gasteiger partial charge is 0.259 e. The van der Waals surface area contributed by atoms with Crippen LogP contribution in [0.15, 0.2) is 40.1 Å². The summed E-state index contributed by atoms with van der Waals surface area (Å²) in [6.45, 7) is 3.12. The van der Waals surface area contributed by atoms with E-state index in [0.717, 1.165) is 45.3 Å². The van der Waals surface area contributed by atoms with E-state index < -0.39 is 5.56 Å². The number of nitrogens with one attached hydrogen (secondary N) is 2. The Hall–Kier alpha value is -2.25. The number of aromatic nitrogens is 2. The number of aliphatic imine (C=N–C) groups is 1. The molecule has 0 atom stereocenters. The minimum Gasteiger partial charge on any atom is -0.859 e. The van der Waals surface area contributed by atoms with Gasteiger partial charge in [-0.3, -0.25) is 14.8 Å². The fourth-order valence-electron chi connectivity index (χ4n) is 3.72. The summed E-state index contributed by atoms with van der Waals surface area (Å²) in [4.78, 5) is 20.9. The van der Waals surface area contributed by atoms with Crippen molar-refractivity contribution in [2.75, 3.05) is 13.1 Å². The molecule has 1 saturated heterocycles. The molecule has 0 spiro atoms. The largest absolute Gasteiger partial charge is 0.859 e. The highest BCUT2D eigenvalue weighted by Crippen LogP contribution is 2.37. The molecular formula is C20H24N4O2S. The molecule has 1 aliphatic carbocycles. The zero-order valence-electron chi connectivity index (χ0n) is 15.2. The van der Waals surface area contributed by atoms with Crippen LogP contribution in [0.4, 0.5) is 0 Å². The maximum Gasteiger partial charge on any atom is 0.259 e. The lowest BCUT2D eigenvalue weighted by atomic mass is 10.0. The van der Waals surface area contributed by atoms with Crippen molar-refractivity contribution in [2.24, 2.45) is 4.99 Å². The fourth-order valence-corrected chi connectivity index (χ4v) is 4.05. The number of hydrogen-bond acceptors (Lipinski definition) is 4. The number of piperidine rings is 1. The molecule has 7 heteroatoms. The van der Waals surface area contributed by atoms with E-state index in [2.05, 4.69) is 34.2 Å². The van der Waals surface area contributed by atoms with Crippen molar-refractivity contribution in [1.29, 1.82) is 0 Å². The quantitative estimate of drug-likeness (QED) is 0.596. The molecule has 0 amide bonds. The topological polar surface area (TPSA) is 77.6 Å². The van der Waals surface area contributed by atoms with Crippen molar-refractivity contribution >= 4 is 18.4 Å². The molecule has 1 saturated carbocycles. The van der Waals surface area contributed by atoms with E-state index in [1.54, 1.807) is 4.90 Å². The number of nitrogens with zero attached hydrogens (tertiary/aromatic N) is 2. The summed E-state index contributed by atoms with van der Waals surface area (Å²) in [5, 5.41) is 12.6. The molecule has 0 bridgehead atoms. The van der Waals surface area contributed by atoms with Gasteiger partial charge in [0, 0.05) is 30.7 Å². The molecule has 4 rings (SSSR count). The third-order valence-electron chi connectivity index (χ3n) is 5.42. The van der Waals surface area contributed by atoms with Crippen LogP contribution in [0, 0.1) is 4.77 Å². The Morgan fingerprint density at radius 3 is 2.59 bits per heavy atom. The average molecular weight is 385 g/mol. The molecule has 1 aromatic heterocycles. The van der Waals surface area contributed by atoms with Gasteiger partial charge in [-0.1, -0.05) is 30.3 Å². The molecule has 2 N–H and O–H groups in total. The number of H-pyrrole nitrogens is 1. The van der Waals surface area contributed by atoms with E-state index in [-0.39, 0.29) is 28.3 Å². The van der Waals surface area contributed by atoms with Gasteiger partial charge >= 0.3 is 0 Å². The highest BCUT2D eigenvalue weighted by molar-refractivity contribution is 7.71. The Labute approximate surface area is 163 Å². The summed E-state index contributed by atoms with van der Waals surface area (Å²) in [5.74, 6) is -0.304. The molecule has 142 valence electrons. The maximum absolute atomic E-state index is 12.6. The fraction of sp³-hybridized carbons (Fsp3) is 0.450. The molecule has 6 nitrogen and oxygen atoms in total. The van der Waals surface area contributed by atoms with E-state index in [4.69, 9.17) is 12.2 Å². The van der Waals surface area contributed by atoms with Gasteiger partial charge in [0.05, 0.1) is 24.7 Å². The summed E-state index contributed by atoms with van der Waals surface area (Å²) in [6, 6.07) is 10.8. The summed E-state index contributed by atoms with van der Waals surface area (Å²) < 4.78 is 1.76. The second kappa shape index (κ2) is 7.78.